The highest BCUT2D eigenvalue weighted by molar-refractivity contribution is 7.17. The molecule has 4 aromatic rings. The van der Waals surface area contributed by atoms with Gasteiger partial charge in [0.25, 0.3) is 0 Å². The molecule has 3 aromatic heterocycles. The predicted octanol–water partition coefficient (Wildman–Crippen LogP) is 5.16. The molecule has 0 aliphatic carbocycles. The van der Waals surface area contributed by atoms with Gasteiger partial charge < -0.3 is 15.2 Å². The molecule has 3 heterocycles. The lowest BCUT2D eigenvalue weighted by molar-refractivity contribution is 0.0698. The molecule has 31 heavy (non-hydrogen) atoms. The number of rotatable bonds is 8. The van der Waals surface area contributed by atoms with Gasteiger partial charge in [0, 0.05) is 35.3 Å². The van der Waals surface area contributed by atoms with Crippen LogP contribution in [-0.4, -0.2) is 39.2 Å². The van der Waals surface area contributed by atoms with Gasteiger partial charge in [-0.05, 0) is 31.0 Å². The number of carboxylic acid groups (broad SMARTS) is 1. The Morgan fingerprint density at radius 3 is 2.90 bits per heavy atom. The summed E-state index contributed by atoms with van der Waals surface area (Å²) in [6.45, 7) is 2.80. The summed E-state index contributed by atoms with van der Waals surface area (Å²) in [5.74, 6) is -0.0357. The topological polar surface area (TPSA) is 97.2 Å². The highest BCUT2D eigenvalue weighted by atomic mass is 35.5. The van der Waals surface area contributed by atoms with Crippen LogP contribution < -0.4 is 10.1 Å². The van der Waals surface area contributed by atoms with Gasteiger partial charge in [0.05, 0.1) is 22.7 Å². The van der Waals surface area contributed by atoms with Crippen molar-refractivity contribution in [2.24, 2.45) is 0 Å². The molecule has 0 aliphatic heterocycles. The summed E-state index contributed by atoms with van der Waals surface area (Å²) in [6.07, 6.45) is 3.88. The third-order valence-corrected chi connectivity index (χ3v) is 6.10. The standard InChI is InChI=1S/C22H19ClN4O3S/c1-2-30-17-11-18(31-21(17)22(28)29)16-10-19(27-12-26-16)24-9-7-14-15(23)6-5-13-4-3-8-25-20(13)14/h3-6,8,10-12H,2,7,9H2,1H3,(H,28,29)(H,24,26,27). The van der Waals surface area contributed by atoms with Crippen LogP contribution in [0.5, 0.6) is 5.75 Å². The largest absolute Gasteiger partial charge is 0.492 e. The van der Waals surface area contributed by atoms with E-state index in [1.54, 1.807) is 18.3 Å². The number of carbonyl (C=O) groups is 1. The van der Waals surface area contributed by atoms with Crippen LogP contribution in [0.15, 0.2) is 48.9 Å². The van der Waals surface area contributed by atoms with Gasteiger partial charge in [-0.1, -0.05) is 23.7 Å². The van der Waals surface area contributed by atoms with Gasteiger partial charge in [-0.3, -0.25) is 4.98 Å². The highest BCUT2D eigenvalue weighted by Crippen LogP contribution is 2.36. The minimum atomic E-state index is -1.02. The number of thiophene rings is 1. The second kappa shape index (κ2) is 9.28. The summed E-state index contributed by atoms with van der Waals surface area (Å²) >= 11 is 7.53. The molecule has 158 valence electrons. The zero-order valence-electron chi connectivity index (χ0n) is 16.6. The molecule has 0 atom stereocenters. The van der Waals surface area contributed by atoms with E-state index >= 15 is 0 Å². The maximum Gasteiger partial charge on any atom is 0.349 e. The zero-order valence-corrected chi connectivity index (χ0v) is 18.2. The van der Waals surface area contributed by atoms with Crippen molar-refractivity contribution < 1.29 is 14.6 Å². The number of aromatic carboxylic acids is 1. The second-order valence-corrected chi connectivity index (χ2v) is 8.07. The van der Waals surface area contributed by atoms with Crippen LogP contribution in [0.1, 0.15) is 22.2 Å². The quantitative estimate of drug-likeness (QED) is 0.379. The van der Waals surface area contributed by atoms with Crippen molar-refractivity contribution in [2.45, 2.75) is 13.3 Å². The van der Waals surface area contributed by atoms with Gasteiger partial charge in [0.1, 0.15) is 17.9 Å². The molecular weight excluding hydrogens is 436 g/mol. The Balaban J connectivity index is 1.51. The van der Waals surface area contributed by atoms with Gasteiger partial charge >= 0.3 is 5.97 Å². The van der Waals surface area contributed by atoms with Gasteiger partial charge in [-0.25, -0.2) is 14.8 Å². The van der Waals surface area contributed by atoms with Crippen LogP contribution in [0.3, 0.4) is 0 Å². The maximum atomic E-state index is 11.5. The van der Waals surface area contributed by atoms with Crippen molar-refractivity contribution >= 4 is 45.6 Å². The molecule has 0 amide bonds. The predicted molar refractivity (Wildman–Crippen MR) is 122 cm³/mol. The number of aromatic nitrogens is 3. The third-order valence-electron chi connectivity index (χ3n) is 4.62. The number of halogens is 1. The highest BCUT2D eigenvalue weighted by Gasteiger charge is 2.18. The molecule has 4 rings (SSSR count). The van der Waals surface area contributed by atoms with E-state index in [9.17, 15) is 9.90 Å². The molecule has 0 saturated carbocycles. The first kappa shape index (κ1) is 21.0. The molecule has 0 unspecified atom stereocenters. The van der Waals surface area contributed by atoms with Gasteiger partial charge in [-0.2, -0.15) is 0 Å². The van der Waals surface area contributed by atoms with E-state index in [1.807, 2.05) is 31.2 Å². The van der Waals surface area contributed by atoms with Crippen LogP contribution in [0.2, 0.25) is 5.02 Å². The van der Waals surface area contributed by atoms with E-state index in [0.29, 0.717) is 46.7 Å². The van der Waals surface area contributed by atoms with Crippen LogP contribution >= 0.6 is 22.9 Å². The second-order valence-electron chi connectivity index (χ2n) is 6.61. The van der Waals surface area contributed by atoms with Gasteiger partial charge in [0.15, 0.2) is 4.88 Å². The molecular formula is C22H19ClN4O3S. The average Bonchev–Trinajstić information content (AvgIpc) is 3.20. The normalized spacial score (nSPS) is 10.9. The first-order valence-corrected chi connectivity index (χ1v) is 10.8. The molecule has 2 N–H and O–H groups in total. The first-order chi connectivity index (χ1) is 15.1. The molecule has 0 bridgehead atoms. The fraction of sp³-hybridized carbons (Fsp3) is 0.182. The summed E-state index contributed by atoms with van der Waals surface area (Å²) in [7, 11) is 0. The molecule has 0 spiro atoms. The number of nitrogens with one attached hydrogen (secondary N) is 1. The Hall–Kier alpha value is -3.23. The van der Waals surface area contributed by atoms with Crippen molar-refractivity contribution in [3.05, 3.63) is 64.4 Å². The average molecular weight is 455 g/mol. The van der Waals surface area contributed by atoms with E-state index in [0.717, 1.165) is 27.8 Å². The Morgan fingerprint density at radius 1 is 1.23 bits per heavy atom. The van der Waals surface area contributed by atoms with Crippen molar-refractivity contribution in [3.8, 4) is 16.3 Å². The van der Waals surface area contributed by atoms with Crippen LogP contribution in [0, 0.1) is 0 Å². The summed E-state index contributed by atoms with van der Waals surface area (Å²) in [6, 6.07) is 11.2. The summed E-state index contributed by atoms with van der Waals surface area (Å²) in [5.41, 5.74) is 2.50. The SMILES string of the molecule is CCOc1cc(-c2cc(NCCc3c(Cl)ccc4cccnc34)ncn2)sc1C(=O)O. The van der Waals surface area contributed by atoms with E-state index in [4.69, 9.17) is 16.3 Å². The molecule has 0 saturated heterocycles. The van der Waals surface area contributed by atoms with Gasteiger partial charge in [0.2, 0.25) is 0 Å². The number of hydrogen-bond donors (Lipinski definition) is 2. The number of pyridine rings is 1. The first-order valence-electron chi connectivity index (χ1n) is 9.65. The van der Waals surface area contributed by atoms with E-state index in [-0.39, 0.29) is 4.88 Å². The van der Waals surface area contributed by atoms with Crippen LogP contribution in [0.25, 0.3) is 21.5 Å². The fourth-order valence-corrected chi connectivity index (χ4v) is 4.39. The molecule has 0 aliphatic rings. The van der Waals surface area contributed by atoms with Crippen LogP contribution in [0.4, 0.5) is 5.82 Å². The van der Waals surface area contributed by atoms with Crippen molar-refractivity contribution in [1.82, 2.24) is 15.0 Å². The Morgan fingerprint density at radius 2 is 2.10 bits per heavy atom. The maximum absolute atomic E-state index is 11.5. The smallest absolute Gasteiger partial charge is 0.349 e. The number of nitrogens with zero attached hydrogens (tertiary/aromatic N) is 3. The van der Waals surface area contributed by atoms with Crippen molar-refractivity contribution in [1.29, 1.82) is 0 Å². The fourth-order valence-electron chi connectivity index (χ4n) is 3.24. The van der Waals surface area contributed by atoms with E-state index in [2.05, 4.69) is 20.3 Å². The van der Waals surface area contributed by atoms with Crippen LogP contribution in [-0.2, 0) is 6.42 Å². The number of ether oxygens (including phenoxy) is 1. The summed E-state index contributed by atoms with van der Waals surface area (Å²) < 4.78 is 5.44. The van der Waals surface area contributed by atoms with E-state index in [1.165, 1.54) is 6.33 Å². The van der Waals surface area contributed by atoms with Gasteiger partial charge in [-0.15, -0.1) is 11.3 Å². The Bertz CT molecular complexity index is 1240. The van der Waals surface area contributed by atoms with Crippen molar-refractivity contribution in [2.75, 3.05) is 18.5 Å². The molecule has 7 nitrogen and oxygen atoms in total. The lowest BCUT2D eigenvalue weighted by Gasteiger charge is -2.10. The molecule has 1 aromatic carbocycles. The summed E-state index contributed by atoms with van der Waals surface area (Å²) in [5, 5.41) is 14.4. The number of hydrogen-bond acceptors (Lipinski definition) is 7. The number of carboxylic acids is 1. The van der Waals surface area contributed by atoms with E-state index < -0.39 is 5.97 Å². The molecule has 0 fully saturated rings. The third kappa shape index (κ3) is 4.60. The monoisotopic (exact) mass is 454 g/mol. The number of benzene rings is 1. The number of fused-ring (bicyclic) bond motifs is 1. The lowest BCUT2D eigenvalue weighted by Crippen LogP contribution is -2.07. The lowest BCUT2D eigenvalue weighted by atomic mass is 10.1. The van der Waals surface area contributed by atoms with Crippen molar-refractivity contribution in [3.63, 3.8) is 0 Å². The molecule has 9 heteroatoms. The summed E-state index contributed by atoms with van der Waals surface area (Å²) in [4.78, 5) is 25.3. The molecule has 0 radical (unpaired) electrons. The Kier molecular flexibility index (Phi) is 6.29. The number of anilines is 1. The zero-order chi connectivity index (χ0) is 21.8. The Labute approximate surface area is 187 Å². The minimum absolute atomic E-state index is 0.156. The minimum Gasteiger partial charge on any atom is -0.492 e.